The Morgan fingerprint density at radius 1 is 1.22 bits per heavy atom. The largest absolute Gasteiger partial charge is 0.375 e. The second-order valence-electron chi connectivity index (χ2n) is 9.77. The Morgan fingerprint density at radius 2 is 2.08 bits per heavy atom. The number of benzene rings is 1. The number of rotatable bonds is 7. The van der Waals surface area contributed by atoms with Gasteiger partial charge < -0.3 is 10.1 Å². The first-order valence-electron chi connectivity index (χ1n) is 12.5. The number of carbonyl (C=O) groups is 2. The zero-order valence-electron chi connectivity index (χ0n) is 20.3. The summed E-state index contributed by atoms with van der Waals surface area (Å²) < 4.78 is 9.17. The Morgan fingerprint density at radius 3 is 2.86 bits per heavy atom. The molecule has 0 radical (unpaired) electrons. The highest BCUT2D eigenvalue weighted by atomic mass is 16.5. The fourth-order valence-corrected chi connectivity index (χ4v) is 5.35. The highest BCUT2D eigenvalue weighted by Gasteiger charge is 2.38. The van der Waals surface area contributed by atoms with Crippen molar-refractivity contribution in [2.45, 2.75) is 50.5 Å². The van der Waals surface area contributed by atoms with Crippen LogP contribution in [0.3, 0.4) is 0 Å². The third kappa shape index (κ3) is 4.51. The van der Waals surface area contributed by atoms with Crippen molar-refractivity contribution in [2.24, 2.45) is 0 Å². The number of likely N-dealkylation sites (tertiary alicyclic amines) is 1. The number of fused-ring (bicyclic) bond motifs is 3. The van der Waals surface area contributed by atoms with Crippen LogP contribution in [0.2, 0.25) is 0 Å². The number of carbonyl (C=O) groups excluding carboxylic acids is 2. The van der Waals surface area contributed by atoms with Crippen LogP contribution in [0.5, 0.6) is 0 Å². The van der Waals surface area contributed by atoms with Crippen LogP contribution in [-0.4, -0.2) is 86.2 Å². The van der Waals surface area contributed by atoms with Crippen molar-refractivity contribution in [2.75, 3.05) is 31.6 Å². The molecule has 0 spiro atoms. The van der Waals surface area contributed by atoms with Gasteiger partial charge in [-0.15, -0.1) is 5.10 Å². The lowest BCUT2D eigenvalue weighted by molar-refractivity contribution is -0.120. The SMILES string of the molecule is CN1C(=O)C(NC(=O)c2ncn(Cc3ccccc3)n2)CCn2nc(CCN3CC4CC3CO4)cc21. The van der Waals surface area contributed by atoms with Gasteiger partial charge >= 0.3 is 0 Å². The third-order valence-electron chi connectivity index (χ3n) is 7.31. The van der Waals surface area contributed by atoms with E-state index < -0.39 is 11.9 Å². The molecule has 188 valence electrons. The summed E-state index contributed by atoms with van der Waals surface area (Å²) in [5, 5.41) is 11.9. The quantitative estimate of drug-likeness (QED) is 0.519. The first-order valence-corrected chi connectivity index (χ1v) is 12.5. The predicted octanol–water partition coefficient (Wildman–Crippen LogP) is 0.704. The van der Waals surface area contributed by atoms with E-state index in [0.29, 0.717) is 31.7 Å². The molecule has 3 aliphatic heterocycles. The van der Waals surface area contributed by atoms with Gasteiger partial charge in [-0.2, -0.15) is 5.10 Å². The van der Waals surface area contributed by atoms with E-state index >= 15 is 0 Å². The van der Waals surface area contributed by atoms with Crippen LogP contribution >= 0.6 is 0 Å². The second kappa shape index (κ2) is 9.47. The number of morpholine rings is 1. The number of likely N-dealkylation sites (N-methyl/N-ethyl adjacent to an activating group) is 1. The van der Waals surface area contributed by atoms with E-state index in [1.807, 2.05) is 41.1 Å². The van der Waals surface area contributed by atoms with Gasteiger partial charge in [0.1, 0.15) is 18.2 Å². The number of aryl methyl sites for hydroxylation is 1. The fourth-order valence-electron chi connectivity index (χ4n) is 5.35. The maximum absolute atomic E-state index is 13.2. The van der Waals surface area contributed by atoms with Gasteiger partial charge in [-0.05, 0) is 18.4 Å². The third-order valence-corrected chi connectivity index (χ3v) is 7.31. The van der Waals surface area contributed by atoms with Crippen molar-refractivity contribution in [1.82, 2.24) is 34.8 Å². The summed E-state index contributed by atoms with van der Waals surface area (Å²) in [6, 6.07) is 11.7. The van der Waals surface area contributed by atoms with Gasteiger partial charge in [0.05, 0.1) is 24.9 Å². The molecular formula is C25H30N8O3. The molecule has 2 aromatic heterocycles. The zero-order chi connectivity index (χ0) is 24.6. The molecule has 0 saturated carbocycles. The molecule has 2 saturated heterocycles. The van der Waals surface area contributed by atoms with Crippen LogP contribution in [0.4, 0.5) is 5.82 Å². The van der Waals surface area contributed by atoms with Gasteiger partial charge in [0.15, 0.2) is 0 Å². The normalized spacial score (nSPS) is 23.6. The van der Waals surface area contributed by atoms with Crippen LogP contribution < -0.4 is 10.2 Å². The smallest absolute Gasteiger partial charge is 0.291 e. The van der Waals surface area contributed by atoms with E-state index in [2.05, 4.69) is 20.3 Å². The van der Waals surface area contributed by atoms with Crippen molar-refractivity contribution in [3.8, 4) is 0 Å². The molecule has 3 aromatic rings. The molecule has 1 N–H and O–H groups in total. The van der Waals surface area contributed by atoms with Crippen molar-refractivity contribution in [1.29, 1.82) is 0 Å². The van der Waals surface area contributed by atoms with Crippen molar-refractivity contribution in [3.63, 3.8) is 0 Å². The zero-order valence-corrected chi connectivity index (χ0v) is 20.3. The Bertz CT molecular complexity index is 1260. The molecule has 3 aliphatic rings. The maximum atomic E-state index is 13.2. The molecule has 2 amide bonds. The topological polar surface area (TPSA) is 110 Å². The molecule has 3 unspecified atom stereocenters. The second-order valence-corrected chi connectivity index (χ2v) is 9.77. The van der Waals surface area contributed by atoms with E-state index in [9.17, 15) is 9.59 Å². The molecule has 1 aromatic carbocycles. The molecular weight excluding hydrogens is 460 g/mol. The van der Waals surface area contributed by atoms with Crippen molar-refractivity contribution >= 4 is 17.6 Å². The van der Waals surface area contributed by atoms with Gasteiger partial charge in [-0.3, -0.25) is 19.4 Å². The standard InChI is InChI=1S/C25H30N8O3/c1-30-22-11-18(7-9-31-14-20-12-19(31)15-36-20)28-33(22)10-8-21(25(30)35)27-24(34)23-26-16-32(29-23)13-17-5-3-2-4-6-17/h2-6,11,16,19-21H,7-10,12-15H2,1H3,(H,27,34). The number of hydrogen-bond donors (Lipinski definition) is 1. The molecule has 36 heavy (non-hydrogen) atoms. The minimum Gasteiger partial charge on any atom is -0.375 e. The van der Waals surface area contributed by atoms with Gasteiger partial charge in [-0.25, -0.2) is 14.3 Å². The number of anilines is 1. The molecule has 5 heterocycles. The number of hydrogen-bond acceptors (Lipinski definition) is 7. The Labute approximate surface area is 209 Å². The highest BCUT2D eigenvalue weighted by molar-refractivity contribution is 6.00. The number of nitrogens with zero attached hydrogens (tertiary/aromatic N) is 7. The molecule has 2 fully saturated rings. The maximum Gasteiger partial charge on any atom is 0.291 e. The average Bonchev–Trinajstić information content (AvgIpc) is 3.68. The van der Waals surface area contributed by atoms with Gasteiger partial charge in [0.2, 0.25) is 5.82 Å². The van der Waals surface area contributed by atoms with Crippen LogP contribution in [0.1, 0.15) is 34.7 Å². The van der Waals surface area contributed by atoms with Crippen molar-refractivity contribution in [3.05, 3.63) is 59.8 Å². The number of amides is 2. The minimum atomic E-state index is -0.672. The predicted molar refractivity (Wildman–Crippen MR) is 130 cm³/mol. The molecule has 6 rings (SSSR count). The van der Waals surface area contributed by atoms with Gasteiger partial charge in [-0.1, -0.05) is 30.3 Å². The van der Waals surface area contributed by atoms with Gasteiger partial charge in [0.25, 0.3) is 11.8 Å². The van der Waals surface area contributed by atoms with Crippen LogP contribution in [0.25, 0.3) is 0 Å². The summed E-state index contributed by atoms with van der Waals surface area (Å²) in [7, 11) is 1.73. The number of aromatic nitrogens is 5. The summed E-state index contributed by atoms with van der Waals surface area (Å²) in [4.78, 5) is 34.2. The summed E-state index contributed by atoms with van der Waals surface area (Å²) in [6.07, 6.45) is 4.33. The van der Waals surface area contributed by atoms with Crippen LogP contribution in [0.15, 0.2) is 42.7 Å². The van der Waals surface area contributed by atoms with Crippen LogP contribution in [0, 0.1) is 0 Å². The minimum absolute atomic E-state index is 0.0478. The molecule has 11 nitrogen and oxygen atoms in total. The summed E-state index contributed by atoms with van der Waals surface area (Å²) in [5.74, 6) is 0.166. The fraction of sp³-hybridized carbons (Fsp3) is 0.480. The number of ether oxygens (including phenoxy) is 1. The van der Waals surface area contributed by atoms with E-state index in [0.717, 1.165) is 49.6 Å². The average molecular weight is 491 g/mol. The lowest BCUT2D eigenvalue weighted by Gasteiger charge is -2.26. The number of nitrogens with one attached hydrogen (secondary N) is 1. The Kier molecular flexibility index (Phi) is 6.02. The van der Waals surface area contributed by atoms with E-state index in [4.69, 9.17) is 9.84 Å². The Hall–Kier alpha value is -3.57. The summed E-state index contributed by atoms with van der Waals surface area (Å²) in [5.41, 5.74) is 2.04. The lowest BCUT2D eigenvalue weighted by Crippen LogP contribution is -2.47. The molecule has 2 bridgehead atoms. The molecule has 3 atom stereocenters. The van der Waals surface area contributed by atoms with Crippen LogP contribution in [-0.2, 0) is 29.0 Å². The van der Waals surface area contributed by atoms with Gasteiger partial charge in [0, 0.05) is 45.2 Å². The van der Waals surface area contributed by atoms with E-state index in [1.54, 1.807) is 16.6 Å². The van der Waals surface area contributed by atoms with E-state index in [-0.39, 0.29) is 11.7 Å². The summed E-state index contributed by atoms with van der Waals surface area (Å²) in [6.45, 7) is 3.83. The Balaban J connectivity index is 1.06. The first-order chi connectivity index (χ1) is 17.5. The lowest BCUT2D eigenvalue weighted by atomic mass is 10.2. The van der Waals surface area contributed by atoms with E-state index in [1.165, 1.54) is 6.33 Å². The molecule has 11 heteroatoms. The van der Waals surface area contributed by atoms with Crippen molar-refractivity contribution < 1.29 is 14.3 Å². The highest BCUT2D eigenvalue weighted by Crippen LogP contribution is 2.28. The first kappa shape index (κ1) is 22.9. The monoisotopic (exact) mass is 490 g/mol. The molecule has 0 aliphatic carbocycles. The summed E-state index contributed by atoms with van der Waals surface area (Å²) >= 11 is 0.